The highest BCUT2D eigenvalue weighted by Gasteiger charge is 2.42. The van der Waals surface area contributed by atoms with Crippen molar-refractivity contribution in [2.45, 2.75) is 12.4 Å². The Balaban J connectivity index is 2.92. The lowest BCUT2D eigenvalue weighted by atomic mass is 9.97. The van der Waals surface area contributed by atoms with Gasteiger partial charge >= 0.3 is 12.4 Å². The molecular weight excluding hydrogens is 390 g/mol. The van der Waals surface area contributed by atoms with Crippen LogP contribution in [0.2, 0.25) is 15.1 Å². The summed E-state index contributed by atoms with van der Waals surface area (Å²) in [7, 11) is 0. The van der Waals surface area contributed by atoms with E-state index in [-0.39, 0.29) is 10.0 Å². The fourth-order valence-corrected chi connectivity index (χ4v) is 2.54. The van der Waals surface area contributed by atoms with Gasteiger partial charge < -0.3 is 0 Å². The molecule has 0 aliphatic heterocycles. The molecule has 1 aromatic heterocycles. The third-order valence-corrected chi connectivity index (χ3v) is 3.84. The zero-order valence-corrected chi connectivity index (χ0v) is 12.9. The number of nitrogens with zero attached hydrogens (tertiary/aromatic N) is 1. The summed E-state index contributed by atoms with van der Waals surface area (Å²) in [6, 6.07) is 2.24. The van der Waals surface area contributed by atoms with E-state index in [4.69, 9.17) is 34.8 Å². The predicted octanol–water partition coefficient (Wildman–Crippen LogP) is 6.75. The number of aromatic nitrogens is 1. The molecule has 1 heterocycles. The van der Waals surface area contributed by atoms with E-state index >= 15 is 0 Å². The van der Waals surface area contributed by atoms with Gasteiger partial charge in [-0.2, -0.15) is 26.3 Å². The van der Waals surface area contributed by atoms with Crippen molar-refractivity contribution in [2.24, 2.45) is 0 Å². The molecule has 1 nitrogen and oxygen atoms in total. The maximum atomic E-state index is 13.1. The molecule has 0 radical (unpaired) electrons. The minimum absolute atomic E-state index is 0.105. The van der Waals surface area contributed by atoms with E-state index in [9.17, 15) is 26.3 Å². The molecular formula is C13H4Cl3F6N. The van der Waals surface area contributed by atoms with Gasteiger partial charge in [-0.05, 0) is 18.2 Å². The molecule has 0 N–H and O–H groups in total. The lowest BCUT2D eigenvalue weighted by molar-refractivity contribution is -0.144. The van der Waals surface area contributed by atoms with E-state index in [0.29, 0.717) is 12.3 Å². The lowest BCUT2D eigenvalue weighted by Gasteiger charge is -2.19. The van der Waals surface area contributed by atoms with Gasteiger partial charge in [0, 0.05) is 17.3 Å². The van der Waals surface area contributed by atoms with Gasteiger partial charge in [0.1, 0.15) is 0 Å². The van der Waals surface area contributed by atoms with Gasteiger partial charge in [0.15, 0.2) is 5.69 Å². The summed E-state index contributed by atoms with van der Waals surface area (Å²) in [6.45, 7) is 0. The van der Waals surface area contributed by atoms with Crippen LogP contribution in [0.5, 0.6) is 0 Å². The van der Waals surface area contributed by atoms with Gasteiger partial charge in [-0.1, -0.05) is 34.8 Å². The Labute approximate surface area is 140 Å². The van der Waals surface area contributed by atoms with E-state index in [1.165, 1.54) is 0 Å². The fraction of sp³-hybridized carbons (Fsp3) is 0.154. The summed E-state index contributed by atoms with van der Waals surface area (Å²) in [5.41, 5.74) is -5.00. The molecule has 0 unspecified atom stereocenters. The fourth-order valence-electron chi connectivity index (χ4n) is 1.90. The van der Waals surface area contributed by atoms with Crippen LogP contribution < -0.4 is 0 Å². The Morgan fingerprint density at radius 1 is 0.783 bits per heavy atom. The molecule has 0 bridgehead atoms. The highest BCUT2D eigenvalue weighted by molar-refractivity contribution is 6.44. The van der Waals surface area contributed by atoms with Crippen molar-refractivity contribution in [1.82, 2.24) is 4.98 Å². The molecule has 0 aliphatic carbocycles. The molecule has 0 atom stereocenters. The van der Waals surface area contributed by atoms with Gasteiger partial charge in [-0.3, -0.25) is 4.98 Å². The molecule has 0 spiro atoms. The van der Waals surface area contributed by atoms with Crippen LogP contribution in [0.1, 0.15) is 11.3 Å². The van der Waals surface area contributed by atoms with E-state index < -0.39 is 39.8 Å². The summed E-state index contributed by atoms with van der Waals surface area (Å²) in [5, 5.41) is -0.758. The van der Waals surface area contributed by atoms with Gasteiger partial charge in [0.25, 0.3) is 0 Å². The minimum atomic E-state index is -5.12. The van der Waals surface area contributed by atoms with Gasteiger partial charge in [0.05, 0.1) is 20.6 Å². The van der Waals surface area contributed by atoms with E-state index in [0.717, 1.165) is 12.1 Å². The normalized spacial score (nSPS) is 12.6. The summed E-state index contributed by atoms with van der Waals surface area (Å²) in [4.78, 5) is 3.03. The first kappa shape index (κ1) is 18.2. The van der Waals surface area contributed by atoms with E-state index in [2.05, 4.69) is 4.98 Å². The highest BCUT2D eigenvalue weighted by Crippen LogP contribution is 2.46. The first-order valence-electron chi connectivity index (χ1n) is 5.71. The van der Waals surface area contributed by atoms with Crippen molar-refractivity contribution in [1.29, 1.82) is 0 Å². The zero-order valence-electron chi connectivity index (χ0n) is 10.7. The number of halogens is 9. The van der Waals surface area contributed by atoms with Crippen molar-refractivity contribution in [2.75, 3.05) is 0 Å². The summed E-state index contributed by atoms with van der Waals surface area (Å²) in [6.07, 6.45) is -9.74. The zero-order chi connectivity index (χ0) is 17.6. The number of benzene rings is 1. The van der Waals surface area contributed by atoms with Crippen LogP contribution in [0, 0.1) is 0 Å². The molecule has 2 rings (SSSR count). The summed E-state index contributed by atoms with van der Waals surface area (Å²) in [5.74, 6) is 0. The van der Waals surface area contributed by atoms with Crippen molar-refractivity contribution >= 4 is 34.8 Å². The quantitative estimate of drug-likeness (QED) is 0.385. The summed E-state index contributed by atoms with van der Waals surface area (Å²) < 4.78 is 78.6. The van der Waals surface area contributed by atoms with Crippen molar-refractivity contribution in [3.05, 3.63) is 50.7 Å². The third-order valence-electron chi connectivity index (χ3n) is 2.80. The van der Waals surface area contributed by atoms with Gasteiger partial charge in [-0.15, -0.1) is 0 Å². The van der Waals surface area contributed by atoms with Crippen LogP contribution in [0.25, 0.3) is 11.1 Å². The van der Waals surface area contributed by atoms with E-state index in [1.54, 1.807) is 0 Å². The highest BCUT2D eigenvalue weighted by atomic mass is 35.5. The number of hydrogen-bond acceptors (Lipinski definition) is 1. The molecule has 1 aromatic carbocycles. The third kappa shape index (κ3) is 3.67. The Kier molecular flexibility index (Phi) is 4.76. The maximum Gasteiger partial charge on any atom is 0.433 e. The van der Waals surface area contributed by atoms with Crippen molar-refractivity contribution in [3.63, 3.8) is 0 Å². The van der Waals surface area contributed by atoms with Gasteiger partial charge in [-0.25, -0.2) is 0 Å². The van der Waals surface area contributed by atoms with Crippen LogP contribution in [-0.4, -0.2) is 4.98 Å². The second-order valence-electron chi connectivity index (χ2n) is 4.32. The Morgan fingerprint density at radius 3 is 1.87 bits per heavy atom. The lowest BCUT2D eigenvalue weighted by Crippen LogP contribution is -2.16. The number of pyridine rings is 1. The van der Waals surface area contributed by atoms with Crippen molar-refractivity contribution in [3.8, 4) is 11.1 Å². The molecule has 0 saturated carbocycles. The SMILES string of the molecule is FC(F)(F)c1ccnc(C(F)(F)F)c1-c1cc(Cl)c(Cl)cc1Cl. The predicted molar refractivity (Wildman–Crippen MR) is 74.7 cm³/mol. The average Bonchev–Trinajstić information content (AvgIpc) is 2.40. The smallest absolute Gasteiger partial charge is 0.251 e. The van der Waals surface area contributed by atoms with Crippen LogP contribution >= 0.6 is 34.8 Å². The second kappa shape index (κ2) is 6.03. The molecule has 124 valence electrons. The summed E-state index contributed by atoms with van der Waals surface area (Å²) >= 11 is 17.1. The monoisotopic (exact) mass is 393 g/mol. The number of rotatable bonds is 1. The molecule has 0 fully saturated rings. The second-order valence-corrected chi connectivity index (χ2v) is 5.55. The number of alkyl halides is 6. The molecule has 0 aliphatic rings. The van der Waals surface area contributed by atoms with Crippen LogP contribution in [0.3, 0.4) is 0 Å². The number of hydrogen-bond donors (Lipinski definition) is 0. The molecule has 2 aromatic rings. The van der Waals surface area contributed by atoms with Gasteiger partial charge in [0.2, 0.25) is 0 Å². The topological polar surface area (TPSA) is 12.9 Å². The van der Waals surface area contributed by atoms with Crippen LogP contribution in [-0.2, 0) is 12.4 Å². The molecule has 10 heteroatoms. The first-order chi connectivity index (χ1) is 10.4. The average molecular weight is 395 g/mol. The largest absolute Gasteiger partial charge is 0.433 e. The Morgan fingerprint density at radius 2 is 1.35 bits per heavy atom. The first-order valence-corrected chi connectivity index (χ1v) is 6.84. The molecule has 0 amide bonds. The Hall–Kier alpha value is -1.18. The molecule has 23 heavy (non-hydrogen) atoms. The van der Waals surface area contributed by atoms with Crippen LogP contribution in [0.15, 0.2) is 24.4 Å². The molecule has 0 saturated heterocycles. The Bertz CT molecular complexity index is 722. The maximum absolute atomic E-state index is 13.1. The minimum Gasteiger partial charge on any atom is -0.251 e. The van der Waals surface area contributed by atoms with Crippen molar-refractivity contribution < 1.29 is 26.3 Å². The van der Waals surface area contributed by atoms with E-state index in [1.807, 2.05) is 0 Å². The standard InChI is InChI=1S/C13H4Cl3F6N/c14-7-4-9(16)8(15)3-5(7)10-6(12(17,18)19)1-2-23-11(10)13(20,21)22/h1-4H. The van der Waals surface area contributed by atoms with Crippen LogP contribution in [0.4, 0.5) is 26.3 Å².